The molecule has 0 aliphatic heterocycles. The fourth-order valence-corrected chi connectivity index (χ4v) is 2.27. The molecule has 0 unspecified atom stereocenters. The van der Waals surface area contributed by atoms with Crippen LogP contribution in [0.15, 0.2) is 35.5 Å². The standard InChI is InChI=1S/C12H13N3O3S/c1-18-7-10-13-14-12(19-8-11(16)17)15(10)9-5-3-2-4-6-9/h2-6H,7-8H2,1H3,(H,16,17). The monoisotopic (exact) mass is 279 g/mol. The van der Waals surface area contributed by atoms with E-state index in [2.05, 4.69) is 10.2 Å². The van der Waals surface area contributed by atoms with Crippen LogP contribution in [0.2, 0.25) is 0 Å². The number of aliphatic carboxylic acids is 1. The van der Waals surface area contributed by atoms with E-state index in [1.807, 2.05) is 30.3 Å². The summed E-state index contributed by atoms with van der Waals surface area (Å²) in [6.07, 6.45) is 0. The van der Waals surface area contributed by atoms with E-state index in [0.717, 1.165) is 17.4 Å². The molecule has 1 heterocycles. The Hall–Kier alpha value is -1.86. The lowest BCUT2D eigenvalue weighted by Gasteiger charge is -2.08. The van der Waals surface area contributed by atoms with Gasteiger partial charge in [-0.2, -0.15) is 0 Å². The highest BCUT2D eigenvalue weighted by Crippen LogP contribution is 2.22. The molecule has 100 valence electrons. The van der Waals surface area contributed by atoms with Crippen LogP contribution in [0.25, 0.3) is 5.69 Å². The molecule has 0 radical (unpaired) electrons. The van der Waals surface area contributed by atoms with E-state index >= 15 is 0 Å². The molecule has 1 aromatic heterocycles. The second-order valence-electron chi connectivity index (χ2n) is 3.69. The Morgan fingerprint density at radius 3 is 2.74 bits per heavy atom. The lowest BCUT2D eigenvalue weighted by atomic mass is 10.3. The van der Waals surface area contributed by atoms with Crippen LogP contribution in [0.3, 0.4) is 0 Å². The van der Waals surface area contributed by atoms with Gasteiger partial charge in [0.05, 0.1) is 5.75 Å². The average molecular weight is 279 g/mol. The fraction of sp³-hybridized carbons (Fsp3) is 0.250. The molecule has 0 fully saturated rings. The Labute approximate surface area is 114 Å². The van der Waals surface area contributed by atoms with E-state index in [0.29, 0.717) is 17.6 Å². The number of para-hydroxylation sites is 1. The molecule has 0 aliphatic rings. The van der Waals surface area contributed by atoms with Crippen molar-refractivity contribution in [2.24, 2.45) is 0 Å². The van der Waals surface area contributed by atoms with Crippen molar-refractivity contribution in [2.45, 2.75) is 11.8 Å². The zero-order valence-corrected chi connectivity index (χ0v) is 11.1. The number of thioether (sulfide) groups is 1. The highest BCUT2D eigenvalue weighted by molar-refractivity contribution is 7.99. The molecule has 1 N–H and O–H groups in total. The number of aromatic nitrogens is 3. The molecular weight excluding hydrogens is 266 g/mol. The van der Waals surface area contributed by atoms with Crippen molar-refractivity contribution >= 4 is 17.7 Å². The Morgan fingerprint density at radius 2 is 2.11 bits per heavy atom. The highest BCUT2D eigenvalue weighted by Gasteiger charge is 2.15. The molecule has 0 saturated heterocycles. The molecule has 0 atom stereocenters. The maximum atomic E-state index is 10.6. The first kappa shape index (κ1) is 13.6. The molecule has 0 spiro atoms. The number of ether oxygens (including phenoxy) is 1. The minimum atomic E-state index is -0.888. The SMILES string of the molecule is COCc1nnc(SCC(=O)O)n1-c1ccccc1. The maximum absolute atomic E-state index is 10.6. The van der Waals surface area contributed by atoms with E-state index in [1.165, 1.54) is 0 Å². The van der Waals surface area contributed by atoms with Gasteiger partial charge in [0.15, 0.2) is 11.0 Å². The van der Waals surface area contributed by atoms with Crippen LogP contribution in [-0.4, -0.2) is 38.7 Å². The van der Waals surface area contributed by atoms with Gasteiger partial charge in [0.2, 0.25) is 0 Å². The van der Waals surface area contributed by atoms with Gasteiger partial charge < -0.3 is 9.84 Å². The molecule has 6 nitrogen and oxygen atoms in total. The topological polar surface area (TPSA) is 77.2 Å². The molecule has 0 amide bonds. The van der Waals surface area contributed by atoms with Gasteiger partial charge >= 0.3 is 5.97 Å². The number of nitrogens with zero attached hydrogens (tertiary/aromatic N) is 3. The van der Waals surface area contributed by atoms with Crippen molar-refractivity contribution in [2.75, 3.05) is 12.9 Å². The van der Waals surface area contributed by atoms with Crippen LogP contribution in [-0.2, 0) is 16.1 Å². The lowest BCUT2D eigenvalue weighted by molar-refractivity contribution is -0.133. The van der Waals surface area contributed by atoms with Crippen molar-refractivity contribution in [1.29, 1.82) is 0 Å². The van der Waals surface area contributed by atoms with Gasteiger partial charge in [0, 0.05) is 12.8 Å². The minimum Gasteiger partial charge on any atom is -0.481 e. The number of rotatable bonds is 6. The number of carboxylic acids is 1. The summed E-state index contributed by atoms with van der Waals surface area (Å²) in [5.74, 6) is -0.305. The minimum absolute atomic E-state index is 0.0576. The number of benzene rings is 1. The summed E-state index contributed by atoms with van der Waals surface area (Å²) in [6.45, 7) is 0.315. The van der Waals surface area contributed by atoms with Crippen LogP contribution in [0.5, 0.6) is 0 Å². The van der Waals surface area contributed by atoms with Crippen molar-refractivity contribution in [3.63, 3.8) is 0 Å². The van der Waals surface area contributed by atoms with Crippen LogP contribution in [0, 0.1) is 0 Å². The normalized spacial score (nSPS) is 10.6. The predicted octanol–water partition coefficient (Wildman–Crippen LogP) is 1.59. The number of methoxy groups -OCH3 is 1. The lowest BCUT2D eigenvalue weighted by Crippen LogP contribution is -2.05. The van der Waals surface area contributed by atoms with Crippen molar-refractivity contribution in [3.05, 3.63) is 36.2 Å². The summed E-state index contributed by atoms with van der Waals surface area (Å²) in [5.41, 5.74) is 0.882. The van der Waals surface area contributed by atoms with Crippen LogP contribution >= 0.6 is 11.8 Å². The number of hydrogen-bond acceptors (Lipinski definition) is 5. The van der Waals surface area contributed by atoms with Crippen LogP contribution in [0.4, 0.5) is 0 Å². The van der Waals surface area contributed by atoms with Crippen LogP contribution in [0.1, 0.15) is 5.82 Å². The summed E-state index contributed by atoms with van der Waals surface area (Å²) in [4.78, 5) is 10.6. The van der Waals surface area contributed by atoms with Gasteiger partial charge in [0.1, 0.15) is 6.61 Å². The average Bonchev–Trinajstić information content (AvgIpc) is 2.81. The van der Waals surface area contributed by atoms with Gasteiger partial charge in [-0.25, -0.2) is 0 Å². The third kappa shape index (κ3) is 3.33. The van der Waals surface area contributed by atoms with E-state index < -0.39 is 5.97 Å². The first-order valence-electron chi connectivity index (χ1n) is 5.55. The third-order valence-electron chi connectivity index (χ3n) is 2.31. The summed E-state index contributed by atoms with van der Waals surface area (Å²) < 4.78 is 6.88. The molecule has 7 heteroatoms. The summed E-state index contributed by atoms with van der Waals surface area (Å²) in [6, 6.07) is 9.53. The number of carboxylic acid groups (broad SMARTS) is 1. The van der Waals surface area contributed by atoms with Crippen LogP contribution < -0.4 is 0 Å². The Balaban J connectivity index is 2.36. The second-order valence-corrected chi connectivity index (χ2v) is 4.63. The largest absolute Gasteiger partial charge is 0.481 e. The van der Waals surface area contributed by atoms with E-state index in [-0.39, 0.29) is 5.75 Å². The predicted molar refractivity (Wildman–Crippen MR) is 70.4 cm³/mol. The molecule has 2 rings (SSSR count). The molecule has 0 saturated carbocycles. The Bertz CT molecular complexity index is 557. The quantitative estimate of drug-likeness (QED) is 0.809. The highest BCUT2D eigenvalue weighted by atomic mass is 32.2. The second kappa shape index (κ2) is 6.35. The van der Waals surface area contributed by atoms with Crippen molar-refractivity contribution < 1.29 is 14.6 Å². The molecule has 0 aliphatic carbocycles. The summed E-state index contributed by atoms with van der Waals surface area (Å²) in [7, 11) is 1.58. The Kier molecular flexibility index (Phi) is 4.53. The molecular formula is C12H13N3O3S. The summed E-state index contributed by atoms with van der Waals surface area (Å²) in [5, 5.41) is 17.3. The first-order valence-corrected chi connectivity index (χ1v) is 6.54. The number of hydrogen-bond donors (Lipinski definition) is 1. The van der Waals surface area contributed by atoms with E-state index in [4.69, 9.17) is 9.84 Å². The Morgan fingerprint density at radius 1 is 1.37 bits per heavy atom. The van der Waals surface area contributed by atoms with Gasteiger partial charge in [0.25, 0.3) is 0 Å². The third-order valence-corrected chi connectivity index (χ3v) is 3.23. The fourth-order valence-electron chi connectivity index (χ4n) is 1.58. The summed E-state index contributed by atoms with van der Waals surface area (Å²) >= 11 is 1.13. The molecule has 19 heavy (non-hydrogen) atoms. The molecule has 1 aromatic carbocycles. The zero-order valence-electron chi connectivity index (χ0n) is 10.3. The van der Waals surface area contributed by atoms with Crippen molar-refractivity contribution in [1.82, 2.24) is 14.8 Å². The van der Waals surface area contributed by atoms with Crippen molar-refractivity contribution in [3.8, 4) is 5.69 Å². The van der Waals surface area contributed by atoms with Gasteiger partial charge in [-0.05, 0) is 12.1 Å². The van der Waals surface area contributed by atoms with E-state index in [1.54, 1.807) is 11.7 Å². The maximum Gasteiger partial charge on any atom is 0.313 e. The van der Waals surface area contributed by atoms with Gasteiger partial charge in [-0.1, -0.05) is 30.0 Å². The number of carbonyl (C=O) groups is 1. The van der Waals surface area contributed by atoms with Gasteiger partial charge in [-0.3, -0.25) is 9.36 Å². The molecule has 0 bridgehead atoms. The van der Waals surface area contributed by atoms with E-state index in [9.17, 15) is 4.79 Å². The smallest absolute Gasteiger partial charge is 0.313 e. The molecule has 2 aromatic rings. The first-order chi connectivity index (χ1) is 9.22. The van der Waals surface area contributed by atoms with Gasteiger partial charge in [-0.15, -0.1) is 10.2 Å². The zero-order chi connectivity index (χ0) is 13.7.